The van der Waals surface area contributed by atoms with Crippen molar-refractivity contribution < 1.29 is 31.8 Å². The number of aromatic nitrogens is 1. The van der Waals surface area contributed by atoms with E-state index in [-0.39, 0.29) is 28.8 Å². The molecule has 3 aromatic rings. The third kappa shape index (κ3) is 3.43. The zero-order valence-corrected chi connectivity index (χ0v) is 15.6. The maximum absolute atomic E-state index is 13.9. The number of methoxy groups -OCH3 is 1. The fourth-order valence-electron chi connectivity index (χ4n) is 3.01. The zero-order chi connectivity index (χ0) is 21.5. The molecule has 5 nitrogen and oxygen atoms in total. The molecule has 152 valence electrons. The molecule has 0 radical (unpaired) electrons. The van der Waals surface area contributed by atoms with Crippen LogP contribution in [0.1, 0.15) is 22.8 Å². The summed E-state index contributed by atoms with van der Waals surface area (Å²) in [5, 5.41) is -0.227. The largest absolute Gasteiger partial charge is 0.494 e. The van der Waals surface area contributed by atoms with E-state index < -0.39 is 46.0 Å². The molecule has 0 saturated carbocycles. The van der Waals surface area contributed by atoms with Gasteiger partial charge in [-0.15, -0.1) is 0 Å². The number of carbonyl (C=O) groups is 1. The first-order chi connectivity index (χ1) is 13.7. The molecule has 0 aliphatic rings. The molecule has 0 aliphatic carbocycles. The molecule has 0 atom stereocenters. The summed E-state index contributed by atoms with van der Waals surface area (Å²) in [6.07, 6.45) is 1.12. The lowest BCUT2D eigenvalue weighted by Gasteiger charge is -2.14. The predicted octanol–water partition coefficient (Wildman–Crippen LogP) is 4.11. The van der Waals surface area contributed by atoms with Gasteiger partial charge < -0.3 is 14.0 Å². The summed E-state index contributed by atoms with van der Waals surface area (Å²) in [6.45, 7) is 3.20. The van der Waals surface area contributed by atoms with Crippen LogP contribution in [0.25, 0.3) is 10.9 Å². The van der Waals surface area contributed by atoms with Gasteiger partial charge in [-0.3, -0.25) is 4.79 Å². The van der Waals surface area contributed by atoms with Gasteiger partial charge in [-0.25, -0.2) is 22.4 Å². The summed E-state index contributed by atoms with van der Waals surface area (Å²) in [7, 11) is 1.14. The topological polar surface area (TPSA) is 57.5 Å². The second kappa shape index (κ2) is 7.57. The van der Waals surface area contributed by atoms with Crippen molar-refractivity contribution in [2.45, 2.75) is 20.4 Å². The molecule has 0 amide bonds. The van der Waals surface area contributed by atoms with E-state index in [1.807, 2.05) is 0 Å². The number of hydrogen-bond acceptors (Lipinski definition) is 4. The molecule has 1 heterocycles. The van der Waals surface area contributed by atoms with Gasteiger partial charge in [0.1, 0.15) is 5.56 Å². The second-order valence-electron chi connectivity index (χ2n) is 6.16. The van der Waals surface area contributed by atoms with E-state index in [0.717, 1.165) is 19.4 Å². The second-order valence-corrected chi connectivity index (χ2v) is 6.16. The first kappa shape index (κ1) is 20.4. The molecular formula is C20H15F4NO4. The number of halogens is 4. The van der Waals surface area contributed by atoms with Gasteiger partial charge >= 0.3 is 5.97 Å². The van der Waals surface area contributed by atoms with Crippen LogP contribution in [0, 0.1) is 30.2 Å². The Hall–Kier alpha value is -3.36. The lowest BCUT2D eigenvalue weighted by molar-refractivity contribution is 0.0725. The number of esters is 1. The van der Waals surface area contributed by atoms with E-state index in [4.69, 9.17) is 9.47 Å². The molecular weight excluding hydrogens is 394 g/mol. The van der Waals surface area contributed by atoms with Crippen LogP contribution in [0.15, 0.2) is 29.2 Å². The minimum atomic E-state index is -1.24. The highest BCUT2D eigenvalue weighted by molar-refractivity contribution is 5.95. The monoisotopic (exact) mass is 409 g/mol. The van der Waals surface area contributed by atoms with Gasteiger partial charge in [-0.1, -0.05) is 0 Å². The van der Waals surface area contributed by atoms with E-state index in [0.29, 0.717) is 12.1 Å². The third-order valence-corrected chi connectivity index (χ3v) is 4.45. The molecule has 0 N–H and O–H groups in total. The Balaban J connectivity index is 2.16. The van der Waals surface area contributed by atoms with Crippen LogP contribution < -0.4 is 14.9 Å². The van der Waals surface area contributed by atoms with Gasteiger partial charge in [0.2, 0.25) is 5.43 Å². The maximum atomic E-state index is 13.9. The quantitative estimate of drug-likeness (QED) is 0.370. The standard InChI is InChI=1S/C20H15F4NO4/c1-4-25-8-11(19(26)10-5-14(23)17(24)9(2)18(10)25)20(27)29-16-7-15(28-3)12(21)6-13(16)22/h5-8H,4H2,1-3H3. The predicted molar refractivity (Wildman–Crippen MR) is 96.4 cm³/mol. The first-order valence-corrected chi connectivity index (χ1v) is 8.46. The average Bonchev–Trinajstić information content (AvgIpc) is 2.68. The average molecular weight is 409 g/mol. The smallest absolute Gasteiger partial charge is 0.349 e. The van der Waals surface area contributed by atoms with E-state index in [9.17, 15) is 27.2 Å². The maximum Gasteiger partial charge on any atom is 0.349 e. The number of benzene rings is 2. The molecule has 0 aliphatic heterocycles. The van der Waals surface area contributed by atoms with Crippen LogP contribution >= 0.6 is 0 Å². The Bertz CT molecular complexity index is 1200. The Morgan fingerprint density at radius 2 is 1.69 bits per heavy atom. The number of carbonyl (C=O) groups excluding carboxylic acids is 1. The Morgan fingerprint density at radius 1 is 1.03 bits per heavy atom. The van der Waals surface area contributed by atoms with Gasteiger partial charge in [0, 0.05) is 35.8 Å². The molecule has 0 spiro atoms. The summed E-state index contributed by atoms with van der Waals surface area (Å²) in [5.74, 6) is -6.79. The van der Waals surface area contributed by atoms with E-state index in [2.05, 4.69) is 0 Å². The van der Waals surface area contributed by atoms with Crippen molar-refractivity contribution in [2.75, 3.05) is 7.11 Å². The van der Waals surface area contributed by atoms with Crippen LogP contribution in [-0.4, -0.2) is 17.6 Å². The number of aryl methyl sites for hydroxylation is 2. The summed E-state index contributed by atoms with van der Waals surface area (Å²) in [5.41, 5.74) is -1.39. The summed E-state index contributed by atoms with van der Waals surface area (Å²) in [4.78, 5) is 25.2. The summed E-state index contributed by atoms with van der Waals surface area (Å²) in [6, 6.07) is 1.99. The van der Waals surface area contributed by atoms with Gasteiger partial charge in [0.05, 0.1) is 12.6 Å². The minimum absolute atomic E-state index is 0.0896. The zero-order valence-electron chi connectivity index (χ0n) is 15.6. The van der Waals surface area contributed by atoms with Gasteiger partial charge in [-0.05, 0) is 19.9 Å². The van der Waals surface area contributed by atoms with E-state index in [1.165, 1.54) is 11.5 Å². The van der Waals surface area contributed by atoms with Crippen LogP contribution in [0.2, 0.25) is 0 Å². The summed E-state index contributed by atoms with van der Waals surface area (Å²) < 4.78 is 66.2. The SMILES string of the molecule is CCn1cc(C(=O)Oc2cc(OC)c(F)cc2F)c(=O)c2cc(F)c(F)c(C)c21. The molecule has 0 saturated heterocycles. The fourth-order valence-corrected chi connectivity index (χ4v) is 3.01. The van der Waals surface area contributed by atoms with Crippen LogP contribution in [-0.2, 0) is 6.54 Å². The Morgan fingerprint density at radius 3 is 2.31 bits per heavy atom. The highest BCUT2D eigenvalue weighted by Crippen LogP contribution is 2.28. The van der Waals surface area contributed by atoms with Crippen molar-refractivity contribution >= 4 is 16.9 Å². The van der Waals surface area contributed by atoms with Gasteiger partial charge in [0.15, 0.2) is 34.8 Å². The third-order valence-electron chi connectivity index (χ3n) is 4.45. The lowest BCUT2D eigenvalue weighted by atomic mass is 10.1. The van der Waals surface area contributed by atoms with Gasteiger partial charge in [0.25, 0.3) is 0 Å². The molecule has 9 heteroatoms. The van der Waals surface area contributed by atoms with Crippen molar-refractivity contribution in [3.63, 3.8) is 0 Å². The molecule has 29 heavy (non-hydrogen) atoms. The number of hydrogen-bond donors (Lipinski definition) is 0. The number of rotatable bonds is 4. The number of nitrogens with zero attached hydrogens (tertiary/aromatic N) is 1. The van der Waals surface area contributed by atoms with Crippen LogP contribution in [0.3, 0.4) is 0 Å². The van der Waals surface area contributed by atoms with Crippen molar-refractivity contribution in [2.24, 2.45) is 0 Å². The highest BCUT2D eigenvalue weighted by Gasteiger charge is 2.23. The molecule has 2 aromatic carbocycles. The molecule has 1 aromatic heterocycles. The fraction of sp³-hybridized carbons (Fsp3) is 0.200. The van der Waals surface area contributed by atoms with Crippen molar-refractivity contribution in [1.29, 1.82) is 0 Å². The highest BCUT2D eigenvalue weighted by atomic mass is 19.2. The number of pyridine rings is 1. The molecule has 0 bridgehead atoms. The van der Waals surface area contributed by atoms with Crippen molar-refractivity contribution in [3.8, 4) is 11.5 Å². The van der Waals surface area contributed by atoms with Gasteiger partial charge in [-0.2, -0.15) is 0 Å². The minimum Gasteiger partial charge on any atom is -0.494 e. The number of fused-ring (bicyclic) bond motifs is 1. The lowest BCUT2D eigenvalue weighted by Crippen LogP contribution is -2.23. The van der Waals surface area contributed by atoms with Crippen LogP contribution in [0.4, 0.5) is 17.6 Å². The summed E-state index contributed by atoms with van der Waals surface area (Å²) >= 11 is 0. The Kier molecular flexibility index (Phi) is 5.32. The molecule has 0 fully saturated rings. The van der Waals surface area contributed by atoms with E-state index in [1.54, 1.807) is 6.92 Å². The first-order valence-electron chi connectivity index (χ1n) is 8.46. The van der Waals surface area contributed by atoms with Crippen LogP contribution in [0.5, 0.6) is 11.5 Å². The molecule has 3 rings (SSSR count). The molecule has 0 unspecified atom stereocenters. The normalized spacial score (nSPS) is 11.0. The van der Waals surface area contributed by atoms with Crippen molar-refractivity contribution in [1.82, 2.24) is 4.57 Å². The Labute approximate surface area is 162 Å². The van der Waals surface area contributed by atoms with E-state index >= 15 is 0 Å². The van der Waals surface area contributed by atoms with Crippen molar-refractivity contribution in [3.05, 3.63) is 69.0 Å². The number of ether oxygens (including phenoxy) is 2.